The zero-order valence-electron chi connectivity index (χ0n) is 10.4. The minimum atomic E-state index is -1.13. The molecule has 2 heterocycles. The first-order valence-corrected chi connectivity index (χ1v) is 6.87. The van der Waals surface area contributed by atoms with Crippen molar-refractivity contribution >= 4 is 27.5 Å². The van der Waals surface area contributed by atoms with Crippen molar-refractivity contribution in [3.05, 3.63) is 58.6 Å². The van der Waals surface area contributed by atoms with Gasteiger partial charge >= 0.3 is 0 Å². The number of hydrogen-bond donors (Lipinski definition) is 0. The number of carbonyl (C=O) groups excluding carboxylic acids is 1. The van der Waals surface area contributed by atoms with Crippen LogP contribution in [0.4, 0.5) is 0 Å². The maximum absolute atomic E-state index is 11.2. The smallest absolute Gasteiger partial charge is 0.0880 e. The van der Waals surface area contributed by atoms with Gasteiger partial charge in [-0.25, -0.2) is 0 Å². The van der Waals surface area contributed by atoms with Gasteiger partial charge < -0.3 is 14.5 Å². The van der Waals surface area contributed by atoms with Gasteiger partial charge in [0.25, 0.3) is 0 Å². The molecular weight excluding hydrogens is 258 g/mol. The first-order valence-electron chi connectivity index (χ1n) is 5.99. The maximum atomic E-state index is 11.2. The van der Waals surface area contributed by atoms with Crippen LogP contribution >= 0.6 is 11.3 Å². The van der Waals surface area contributed by atoms with Crippen molar-refractivity contribution in [2.45, 2.75) is 13.5 Å². The number of aromatic carboxylic acids is 1. The van der Waals surface area contributed by atoms with Crippen molar-refractivity contribution < 1.29 is 9.90 Å². The minimum Gasteiger partial charge on any atom is -0.543 e. The van der Waals surface area contributed by atoms with Crippen LogP contribution in [-0.2, 0) is 6.54 Å². The molecule has 0 amide bonds. The molecule has 0 radical (unpaired) electrons. The van der Waals surface area contributed by atoms with Gasteiger partial charge in [0.15, 0.2) is 0 Å². The topological polar surface area (TPSA) is 45.1 Å². The third kappa shape index (κ3) is 2.15. The number of aryl methyl sites for hydroxylation is 1. The Kier molecular flexibility index (Phi) is 2.87. The Hall–Kier alpha value is -2.07. The molecular formula is C15H12NO2S-. The Morgan fingerprint density at radius 1 is 1.26 bits per heavy atom. The predicted molar refractivity (Wildman–Crippen MR) is 74.4 cm³/mol. The van der Waals surface area contributed by atoms with Crippen LogP contribution in [-0.4, -0.2) is 10.5 Å². The van der Waals surface area contributed by atoms with E-state index in [4.69, 9.17) is 0 Å². The lowest BCUT2D eigenvalue weighted by Crippen LogP contribution is -2.25. The second kappa shape index (κ2) is 4.55. The SMILES string of the molecule is Cc1ccc(Cn2c(C(=O)[O-])cc3sccc32)cc1. The Morgan fingerprint density at radius 2 is 2.00 bits per heavy atom. The summed E-state index contributed by atoms with van der Waals surface area (Å²) in [4.78, 5) is 11.2. The Labute approximate surface area is 114 Å². The van der Waals surface area contributed by atoms with E-state index in [1.54, 1.807) is 22.0 Å². The third-order valence-corrected chi connectivity index (χ3v) is 4.05. The molecule has 0 spiro atoms. The molecule has 0 atom stereocenters. The highest BCUT2D eigenvalue weighted by Crippen LogP contribution is 2.26. The summed E-state index contributed by atoms with van der Waals surface area (Å²) < 4.78 is 2.78. The molecule has 0 fully saturated rings. The third-order valence-electron chi connectivity index (χ3n) is 3.19. The molecule has 0 unspecified atom stereocenters. The van der Waals surface area contributed by atoms with Gasteiger partial charge in [-0.05, 0) is 30.0 Å². The van der Waals surface area contributed by atoms with E-state index in [0.29, 0.717) is 6.54 Å². The zero-order valence-corrected chi connectivity index (χ0v) is 11.2. The van der Waals surface area contributed by atoms with Gasteiger partial charge in [-0.1, -0.05) is 29.8 Å². The van der Waals surface area contributed by atoms with Crippen molar-refractivity contribution in [2.75, 3.05) is 0 Å². The van der Waals surface area contributed by atoms with Crippen LogP contribution in [0.2, 0.25) is 0 Å². The molecule has 0 aliphatic rings. The van der Waals surface area contributed by atoms with Gasteiger partial charge in [0.2, 0.25) is 0 Å². The highest BCUT2D eigenvalue weighted by molar-refractivity contribution is 7.17. The van der Waals surface area contributed by atoms with Crippen LogP contribution in [0.15, 0.2) is 41.8 Å². The largest absolute Gasteiger partial charge is 0.543 e. The first kappa shape index (κ1) is 12.0. The van der Waals surface area contributed by atoms with Gasteiger partial charge in [-0.15, -0.1) is 11.3 Å². The number of hydrogen-bond acceptors (Lipinski definition) is 3. The molecule has 4 heteroatoms. The number of fused-ring (bicyclic) bond motifs is 1. The molecule has 3 rings (SSSR count). The number of benzene rings is 1. The predicted octanol–water partition coefficient (Wildman–Crippen LogP) is 2.42. The minimum absolute atomic E-state index is 0.238. The van der Waals surface area contributed by atoms with Crippen LogP contribution < -0.4 is 5.11 Å². The fourth-order valence-electron chi connectivity index (χ4n) is 2.19. The van der Waals surface area contributed by atoms with Crippen LogP contribution in [0.3, 0.4) is 0 Å². The fraction of sp³-hybridized carbons (Fsp3) is 0.133. The average Bonchev–Trinajstić information content (AvgIpc) is 2.94. The molecule has 0 saturated carbocycles. The maximum Gasteiger partial charge on any atom is 0.0880 e. The lowest BCUT2D eigenvalue weighted by atomic mass is 10.1. The van der Waals surface area contributed by atoms with E-state index >= 15 is 0 Å². The van der Waals surface area contributed by atoms with Crippen molar-refractivity contribution in [1.29, 1.82) is 0 Å². The molecule has 0 bridgehead atoms. The molecule has 0 aliphatic carbocycles. The number of aromatic nitrogens is 1. The fourth-order valence-corrected chi connectivity index (χ4v) is 3.01. The van der Waals surface area contributed by atoms with Crippen molar-refractivity contribution in [3.8, 4) is 0 Å². The van der Waals surface area contributed by atoms with E-state index in [-0.39, 0.29) is 5.69 Å². The summed E-state index contributed by atoms with van der Waals surface area (Å²) in [7, 11) is 0. The van der Waals surface area contributed by atoms with E-state index in [1.807, 2.05) is 42.6 Å². The highest BCUT2D eigenvalue weighted by atomic mass is 32.1. The van der Waals surface area contributed by atoms with Crippen LogP contribution in [0.1, 0.15) is 21.6 Å². The summed E-state index contributed by atoms with van der Waals surface area (Å²) in [6.07, 6.45) is 0. The lowest BCUT2D eigenvalue weighted by molar-refractivity contribution is -0.255. The summed E-state index contributed by atoms with van der Waals surface area (Å²) in [5.74, 6) is -1.13. The van der Waals surface area contributed by atoms with Crippen LogP contribution in [0.25, 0.3) is 10.2 Å². The Bertz CT molecular complexity index is 737. The highest BCUT2D eigenvalue weighted by Gasteiger charge is 2.10. The van der Waals surface area contributed by atoms with Gasteiger partial charge in [-0.2, -0.15) is 0 Å². The Balaban J connectivity index is 2.07. The van der Waals surface area contributed by atoms with E-state index in [1.165, 1.54) is 5.56 Å². The average molecular weight is 270 g/mol. The number of nitrogens with zero attached hydrogens (tertiary/aromatic N) is 1. The molecule has 19 heavy (non-hydrogen) atoms. The summed E-state index contributed by atoms with van der Waals surface area (Å²) >= 11 is 1.54. The van der Waals surface area contributed by atoms with Crippen molar-refractivity contribution in [1.82, 2.24) is 4.57 Å². The number of carboxylic acids is 1. The quantitative estimate of drug-likeness (QED) is 0.733. The van der Waals surface area contributed by atoms with Crippen molar-refractivity contribution in [3.63, 3.8) is 0 Å². The summed E-state index contributed by atoms with van der Waals surface area (Å²) in [6.45, 7) is 2.58. The monoisotopic (exact) mass is 270 g/mol. The number of thiophene rings is 1. The van der Waals surface area contributed by atoms with Gasteiger partial charge in [-0.3, -0.25) is 0 Å². The first-order chi connectivity index (χ1) is 9.15. The van der Waals surface area contributed by atoms with Gasteiger partial charge in [0.05, 0.1) is 21.9 Å². The summed E-state index contributed by atoms with van der Waals surface area (Å²) in [6, 6.07) is 11.7. The molecule has 3 aromatic rings. The molecule has 1 aromatic carbocycles. The number of carbonyl (C=O) groups is 1. The van der Waals surface area contributed by atoms with E-state index in [2.05, 4.69) is 0 Å². The van der Waals surface area contributed by atoms with E-state index in [0.717, 1.165) is 15.8 Å². The van der Waals surface area contributed by atoms with E-state index < -0.39 is 5.97 Å². The molecule has 0 N–H and O–H groups in total. The van der Waals surface area contributed by atoms with Crippen molar-refractivity contribution in [2.24, 2.45) is 0 Å². The summed E-state index contributed by atoms with van der Waals surface area (Å²) in [5, 5.41) is 13.2. The molecule has 2 aromatic heterocycles. The van der Waals surface area contributed by atoms with E-state index in [9.17, 15) is 9.90 Å². The van der Waals surface area contributed by atoms with Crippen LogP contribution in [0.5, 0.6) is 0 Å². The molecule has 3 nitrogen and oxygen atoms in total. The number of rotatable bonds is 3. The second-order valence-corrected chi connectivity index (χ2v) is 5.51. The summed E-state index contributed by atoms with van der Waals surface area (Å²) in [5.41, 5.74) is 3.46. The molecule has 96 valence electrons. The van der Waals surface area contributed by atoms with Crippen LogP contribution in [0, 0.1) is 6.92 Å². The second-order valence-electron chi connectivity index (χ2n) is 4.56. The normalized spacial score (nSPS) is 11.0. The van der Waals surface area contributed by atoms with Gasteiger partial charge in [0.1, 0.15) is 0 Å². The zero-order chi connectivity index (χ0) is 13.4. The standard InChI is InChI=1S/C15H13NO2S/c1-10-2-4-11(5-3-10)9-16-12-6-7-19-14(12)8-13(16)15(17)18/h2-8H,9H2,1H3,(H,17,18)/p-1. The lowest BCUT2D eigenvalue weighted by Gasteiger charge is -2.11. The molecule has 0 saturated heterocycles. The molecule has 0 aliphatic heterocycles. The Morgan fingerprint density at radius 3 is 2.68 bits per heavy atom. The van der Waals surface area contributed by atoms with Gasteiger partial charge in [0, 0.05) is 6.54 Å². The number of carboxylic acid groups (broad SMARTS) is 1.